The molecule has 0 amide bonds. The number of rotatable bonds is 3. The molecule has 1 rings (SSSR count). The summed E-state index contributed by atoms with van der Waals surface area (Å²) >= 11 is 0. The summed E-state index contributed by atoms with van der Waals surface area (Å²) in [6.45, 7) is 13.0. The highest BCUT2D eigenvalue weighted by atomic mass is 16.3. The lowest BCUT2D eigenvalue weighted by atomic mass is 10.1. The predicted molar refractivity (Wildman–Crippen MR) is 78.6 cm³/mol. The molecule has 0 saturated heterocycles. The minimum Gasteiger partial charge on any atom is -0.389 e. The van der Waals surface area contributed by atoms with Crippen LogP contribution in [0.3, 0.4) is 0 Å². The first-order chi connectivity index (χ1) is 8.15. The van der Waals surface area contributed by atoms with Gasteiger partial charge in [0, 0.05) is 12.2 Å². The SMILES string of the molecule is CC.CCC.CCNc1cccc(C(C)O)c1. The molecule has 0 aliphatic heterocycles. The van der Waals surface area contributed by atoms with Crippen molar-refractivity contribution in [3.8, 4) is 0 Å². The molecule has 1 aromatic carbocycles. The van der Waals surface area contributed by atoms with Crippen LogP contribution in [0.5, 0.6) is 0 Å². The van der Waals surface area contributed by atoms with Crippen molar-refractivity contribution in [2.24, 2.45) is 0 Å². The second-order valence-electron chi connectivity index (χ2n) is 3.54. The van der Waals surface area contributed by atoms with Gasteiger partial charge in [-0.05, 0) is 31.5 Å². The molecule has 2 N–H and O–H groups in total. The largest absolute Gasteiger partial charge is 0.389 e. The van der Waals surface area contributed by atoms with Gasteiger partial charge in [0.15, 0.2) is 0 Å². The Balaban J connectivity index is 0. The summed E-state index contributed by atoms with van der Waals surface area (Å²) in [6, 6.07) is 7.83. The highest BCUT2D eigenvalue weighted by molar-refractivity contribution is 5.45. The van der Waals surface area contributed by atoms with E-state index in [4.69, 9.17) is 0 Å². The number of anilines is 1. The normalized spacial score (nSPS) is 10.3. The van der Waals surface area contributed by atoms with Crippen LogP contribution in [-0.2, 0) is 0 Å². The van der Waals surface area contributed by atoms with Gasteiger partial charge in [-0.15, -0.1) is 0 Å². The maximum Gasteiger partial charge on any atom is 0.0762 e. The van der Waals surface area contributed by atoms with Gasteiger partial charge in [0.1, 0.15) is 0 Å². The van der Waals surface area contributed by atoms with Crippen LogP contribution >= 0.6 is 0 Å². The summed E-state index contributed by atoms with van der Waals surface area (Å²) in [4.78, 5) is 0. The number of hydrogen-bond acceptors (Lipinski definition) is 2. The van der Waals surface area contributed by atoms with Gasteiger partial charge in [-0.2, -0.15) is 0 Å². The highest BCUT2D eigenvalue weighted by Gasteiger charge is 1.99. The van der Waals surface area contributed by atoms with E-state index in [1.165, 1.54) is 6.42 Å². The van der Waals surface area contributed by atoms with E-state index >= 15 is 0 Å². The Bertz CT molecular complexity index is 259. The molecule has 0 bridgehead atoms. The van der Waals surface area contributed by atoms with E-state index in [0.29, 0.717) is 0 Å². The first-order valence-corrected chi connectivity index (χ1v) is 6.67. The Morgan fingerprint density at radius 1 is 1.18 bits per heavy atom. The van der Waals surface area contributed by atoms with Gasteiger partial charge in [-0.3, -0.25) is 0 Å². The van der Waals surface area contributed by atoms with Crippen molar-refractivity contribution < 1.29 is 5.11 Å². The van der Waals surface area contributed by atoms with Gasteiger partial charge < -0.3 is 10.4 Å². The minimum atomic E-state index is -0.386. The fraction of sp³-hybridized carbons (Fsp3) is 0.600. The van der Waals surface area contributed by atoms with E-state index in [2.05, 4.69) is 26.1 Å². The molecule has 0 saturated carbocycles. The Hall–Kier alpha value is -1.02. The Morgan fingerprint density at radius 2 is 1.71 bits per heavy atom. The Kier molecular flexibility index (Phi) is 14.1. The Morgan fingerprint density at radius 3 is 2.12 bits per heavy atom. The number of aliphatic hydroxyl groups is 1. The van der Waals surface area contributed by atoms with Crippen molar-refractivity contribution in [1.29, 1.82) is 0 Å². The van der Waals surface area contributed by atoms with Gasteiger partial charge in [0.2, 0.25) is 0 Å². The molecule has 2 heteroatoms. The fourth-order valence-corrected chi connectivity index (χ4v) is 1.11. The Labute approximate surface area is 107 Å². The van der Waals surface area contributed by atoms with Crippen LogP contribution in [-0.4, -0.2) is 11.7 Å². The fourth-order valence-electron chi connectivity index (χ4n) is 1.11. The predicted octanol–water partition coefficient (Wildman–Crippen LogP) is 4.61. The third kappa shape index (κ3) is 9.88. The van der Waals surface area contributed by atoms with Gasteiger partial charge in [0.25, 0.3) is 0 Å². The molecule has 100 valence electrons. The van der Waals surface area contributed by atoms with Gasteiger partial charge in [-0.25, -0.2) is 0 Å². The van der Waals surface area contributed by atoms with E-state index in [1.54, 1.807) is 6.92 Å². The standard InChI is InChI=1S/C10H15NO.C3H8.C2H6/c1-3-11-10-6-4-5-9(7-10)8(2)12;1-3-2;1-2/h4-8,11-12H,3H2,1-2H3;3H2,1-2H3;1-2H3. The van der Waals surface area contributed by atoms with E-state index < -0.39 is 0 Å². The van der Waals surface area contributed by atoms with Crippen LogP contribution in [0.15, 0.2) is 24.3 Å². The molecule has 1 aromatic rings. The molecule has 0 radical (unpaired) electrons. The molecule has 0 aliphatic rings. The smallest absolute Gasteiger partial charge is 0.0762 e. The second-order valence-corrected chi connectivity index (χ2v) is 3.54. The van der Waals surface area contributed by atoms with Crippen LogP contribution < -0.4 is 5.32 Å². The first kappa shape index (κ1) is 18.3. The molecule has 2 nitrogen and oxygen atoms in total. The van der Waals surface area contributed by atoms with E-state index in [9.17, 15) is 5.11 Å². The van der Waals surface area contributed by atoms with Crippen LogP contribution in [0.4, 0.5) is 5.69 Å². The zero-order chi connectivity index (χ0) is 13.7. The number of nitrogens with one attached hydrogen (secondary N) is 1. The monoisotopic (exact) mass is 239 g/mol. The zero-order valence-corrected chi connectivity index (χ0v) is 12.2. The third-order valence-electron chi connectivity index (χ3n) is 1.75. The van der Waals surface area contributed by atoms with Gasteiger partial charge in [-0.1, -0.05) is 46.2 Å². The molecule has 0 heterocycles. The van der Waals surface area contributed by atoms with Gasteiger partial charge >= 0.3 is 0 Å². The second kappa shape index (κ2) is 13.0. The molecule has 0 fully saturated rings. The van der Waals surface area contributed by atoms with Gasteiger partial charge in [0.05, 0.1) is 6.10 Å². The summed E-state index contributed by atoms with van der Waals surface area (Å²) < 4.78 is 0. The topological polar surface area (TPSA) is 32.3 Å². The van der Waals surface area contributed by atoms with Crippen molar-refractivity contribution in [2.45, 2.75) is 54.1 Å². The molecule has 0 aromatic heterocycles. The van der Waals surface area contributed by atoms with Crippen LogP contribution in [0.1, 0.15) is 59.6 Å². The molecule has 1 unspecified atom stereocenters. The van der Waals surface area contributed by atoms with E-state index in [1.807, 2.05) is 38.1 Å². The van der Waals surface area contributed by atoms with E-state index in [0.717, 1.165) is 17.8 Å². The summed E-state index contributed by atoms with van der Waals surface area (Å²) in [5.74, 6) is 0. The minimum absolute atomic E-state index is 0.386. The molecule has 1 atom stereocenters. The first-order valence-electron chi connectivity index (χ1n) is 6.67. The van der Waals surface area contributed by atoms with Crippen molar-refractivity contribution in [1.82, 2.24) is 0 Å². The lowest BCUT2D eigenvalue weighted by Crippen LogP contribution is -1.98. The summed E-state index contributed by atoms with van der Waals surface area (Å²) in [5.41, 5.74) is 2.02. The summed E-state index contributed by atoms with van der Waals surface area (Å²) in [5, 5.41) is 12.5. The lowest BCUT2D eigenvalue weighted by molar-refractivity contribution is 0.199. The van der Waals surface area contributed by atoms with Crippen LogP contribution in [0, 0.1) is 0 Å². The molecular weight excluding hydrogens is 210 g/mol. The number of hydrogen-bond donors (Lipinski definition) is 2. The molecular formula is C15H29NO. The van der Waals surface area contributed by atoms with E-state index in [-0.39, 0.29) is 6.10 Å². The zero-order valence-electron chi connectivity index (χ0n) is 12.2. The molecule has 17 heavy (non-hydrogen) atoms. The average Bonchev–Trinajstić information content (AvgIpc) is 2.33. The molecule has 0 spiro atoms. The van der Waals surface area contributed by atoms with Crippen molar-refractivity contribution in [3.63, 3.8) is 0 Å². The maximum absolute atomic E-state index is 9.29. The highest BCUT2D eigenvalue weighted by Crippen LogP contribution is 2.16. The quantitative estimate of drug-likeness (QED) is 0.807. The van der Waals surface area contributed by atoms with Crippen molar-refractivity contribution in [2.75, 3.05) is 11.9 Å². The molecule has 0 aliphatic carbocycles. The van der Waals surface area contributed by atoms with Crippen molar-refractivity contribution >= 4 is 5.69 Å². The summed E-state index contributed by atoms with van der Waals surface area (Å²) in [6.07, 6.45) is 0.864. The number of benzene rings is 1. The third-order valence-corrected chi connectivity index (χ3v) is 1.75. The average molecular weight is 239 g/mol. The van der Waals surface area contributed by atoms with Crippen LogP contribution in [0.2, 0.25) is 0 Å². The van der Waals surface area contributed by atoms with Crippen molar-refractivity contribution in [3.05, 3.63) is 29.8 Å². The summed E-state index contributed by atoms with van der Waals surface area (Å²) in [7, 11) is 0. The maximum atomic E-state index is 9.29. The number of aliphatic hydroxyl groups excluding tert-OH is 1. The lowest BCUT2D eigenvalue weighted by Gasteiger charge is -2.07. The van der Waals surface area contributed by atoms with Crippen LogP contribution in [0.25, 0.3) is 0 Å².